The lowest BCUT2D eigenvalue weighted by molar-refractivity contribution is 0.0886. The van der Waals surface area contributed by atoms with Crippen LogP contribution < -0.4 is 5.69 Å². The maximum absolute atomic E-state index is 13.2. The Kier molecular flexibility index (Phi) is 6.91. The first-order valence-electron chi connectivity index (χ1n) is 11.3. The van der Waals surface area contributed by atoms with Crippen molar-refractivity contribution < 1.29 is 9.59 Å². The van der Waals surface area contributed by atoms with Gasteiger partial charge in [-0.2, -0.15) is 5.21 Å². The standard InChI is InChI=1S/C25H26N6O3/c1-3-7-21-22(16-32)31(23(33)8-4-2)25(34)30(21)15-17-11-13-18(14-12-17)19-9-5-6-10-20(19)24-26-28-29-27-24/h5-6,9-14,16H,3-4,7-8,15H2,1-2H3,(H,26,27,28,29). The number of nitrogens with one attached hydrogen (secondary N) is 1. The summed E-state index contributed by atoms with van der Waals surface area (Å²) < 4.78 is 2.58. The molecule has 0 unspecified atom stereocenters. The van der Waals surface area contributed by atoms with E-state index in [9.17, 15) is 14.4 Å². The van der Waals surface area contributed by atoms with Gasteiger partial charge in [0.15, 0.2) is 6.29 Å². The average Bonchev–Trinajstić information content (AvgIpc) is 3.48. The number of hydrogen-bond acceptors (Lipinski definition) is 6. The fraction of sp³-hybridized carbons (Fsp3) is 0.280. The van der Waals surface area contributed by atoms with E-state index in [0.29, 0.717) is 30.6 Å². The van der Waals surface area contributed by atoms with Crippen molar-refractivity contribution in [3.05, 3.63) is 76.0 Å². The molecule has 4 rings (SSSR count). The van der Waals surface area contributed by atoms with E-state index < -0.39 is 5.69 Å². The highest BCUT2D eigenvalue weighted by Gasteiger charge is 2.23. The summed E-state index contributed by atoms with van der Waals surface area (Å²) in [6.45, 7) is 4.12. The van der Waals surface area contributed by atoms with E-state index in [2.05, 4.69) is 20.6 Å². The van der Waals surface area contributed by atoms with Crippen LogP contribution >= 0.6 is 0 Å². The maximum atomic E-state index is 13.2. The predicted octanol–water partition coefficient (Wildman–Crippen LogP) is 3.75. The number of rotatable bonds is 9. The van der Waals surface area contributed by atoms with Gasteiger partial charge in [-0.15, -0.1) is 10.2 Å². The first-order chi connectivity index (χ1) is 16.6. The normalized spacial score (nSPS) is 11.0. The molecule has 2 aromatic carbocycles. The second kappa shape index (κ2) is 10.2. The predicted molar refractivity (Wildman–Crippen MR) is 128 cm³/mol. The van der Waals surface area contributed by atoms with Crippen molar-refractivity contribution in [1.82, 2.24) is 29.8 Å². The zero-order valence-corrected chi connectivity index (χ0v) is 19.2. The molecule has 0 spiro atoms. The molecule has 34 heavy (non-hydrogen) atoms. The number of tetrazole rings is 1. The molecule has 0 saturated carbocycles. The number of nitrogens with zero attached hydrogens (tertiary/aromatic N) is 5. The van der Waals surface area contributed by atoms with Gasteiger partial charge in [0.25, 0.3) is 0 Å². The Bertz CT molecular complexity index is 1350. The monoisotopic (exact) mass is 458 g/mol. The third-order valence-electron chi connectivity index (χ3n) is 5.72. The molecule has 0 aliphatic carbocycles. The second-order valence-electron chi connectivity index (χ2n) is 8.03. The maximum Gasteiger partial charge on any atom is 0.336 e. The van der Waals surface area contributed by atoms with Crippen molar-refractivity contribution in [2.45, 2.75) is 46.1 Å². The van der Waals surface area contributed by atoms with Crippen LogP contribution in [-0.4, -0.2) is 42.0 Å². The topological polar surface area (TPSA) is 116 Å². The van der Waals surface area contributed by atoms with E-state index in [1.54, 1.807) is 4.57 Å². The molecule has 4 aromatic rings. The Hall–Kier alpha value is -4.14. The Labute approximate surface area is 196 Å². The molecular weight excluding hydrogens is 432 g/mol. The molecule has 0 saturated heterocycles. The molecule has 9 nitrogen and oxygen atoms in total. The highest BCUT2D eigenvalue weighted by Crippen LogP contribution is 2.29. The molecule has 2 heterocycles. The van der Waals surface area contributed by atoms with Crippen molar-refractivity contribution in [3.8, 4) is 22.5 Å². The zero-order chi connectivity index (χ0) is 24.1. The van der Waals surface area contributed by atoms with Gasteiger partial charge < -0.3 is 0 Å². The lowest BCUT2D eigenvalue weighted by atomic mass is 9.98. The van der Waals surface area contributed by atoms with Gasteiger partial charge in [0.1, 0.15) is 5.69 Å². The van der Waals surface area contributed by atoms with Gasteiger partial charge >= 0.3 is 5.69 Å². The van der Waals surface area contributed by atoms with Crippen LogP contribution in [0.25, 0.3) is 22.5 Å². The molecule has 0 aliphatic rings. The third-order valence-corrected chi connectivity index (χ3v) is 5.72. The minimum atomic E-state index is -0.462. The summed E-state index contributed by atoms with van der Waals surface area (Å²) >= 11 is 0. The number of aromatic amines is 1. The van der Waals surface area contributed by atoms with Gasteiger partial charge in [-0.05, 0) is 34.7 Å². The third kappa shape index (κ3) is 4.36. The summed E-state index contributed by atoms with van der Waals surface area (Å²) in [5.74, 6) is 0.161. The van der Waals surface area contributed by atoms with E-state index in [1.165, 1.54) is 0 Å². The van der Waals surface area contributed by atoms with Crippen LogP contribution in [0, 0.1) is 0 Å². The number of hydrogen-bond donors (Lipinski definition) is 1. The van der Waals surface area contributed by atoms with Gasteiger partial charge in [0, 0.05) is 12.0 Å². The van der Waals surface area contributed by atoms with Gasteiger partial charge in [-0.25, -0.2) is 9.36 Å². The molecular formula is C25H26N6O3. The molecule has 0 bridgehead atoms. The lowest BCUT2D eigenvalue weighted by Crippen LogP contribution is -2.30. The Morgan fingerprint density at radius 3 is 2.38 bits per heavy atom. The van der Waals surface area contributed by atoms with Crippen LogP contribution in [0.2, 0.25) is 0 Å². The molecule has 174 valence electrons. The van der Waals surface area contributed by atoms with E-state index in [0.717, 1.165) is 33.2 Å². The Balaban J connectivity index is 1.70. The van der Waals surface area contributed by atoms with Crippen molar-refractivity contribution in [2.75, 3.05) is 0 Å². The van der Waals surface area contributed by atoms with E-state index >= 15 is 0 Å². The SMILES string of the molecule is CCCC(=O)n1c(C=O)c(CCC)n(Cc2ccc(-c3ccccc3-c3nn[nH]n3)cc2)c1=O. The zero-order valence-electron chi connectivity index (χ0n) is 19.2. The van der Waals surface area contributed by atoms with E-state index in [1.807, 2.05) is 62.4 Å². The highest BCUT2D eigenvalue weighted by molar-refractivity contribution is 5.87. The molecule has 0 atom stereocenters. The first-order valence-corrected chi connectivity index (χ1v) is 11.3. The number of carbonyl (C=O) groups is 2. The van der Waals surface area contributed by atoms with Crippen LogP contribution in [0.1, 0.15) is 59.7 Å². The van der Waals surface area contributed by atoms with Crippen LogP contribution in [0.4, 0.5) is 0 Å². The van der Waals surface area contributed by atoms with Crippen LogP contribution in [0.3, 0.4) is 0 Å². The summed E-state index contributed by atoms with van der Waals surface area (Å²) in [6, 6.07) is 15.6. The van der Waals surface area contributed by atoms with Gasteiger partial charge in [-0.3, -0.25) is 14.2 Å². The van der Waals surface area contributed by atoms with Crippen LogP contribution in [0.5, 0.6) is 0 Å². The fourth-order valence-corrected chi connectivity index (χ4v) is 4.13. The van der Waals surface area contributed by atoms with Crippen LogP contribution in [-0.2, 0) is 13.0 Å². The average molecular weight is 459 g/mol. The second-order valence-corrected chi connectivity index (χ2v) is 8.03. The number of aromatic nitrogens is 6. The van der Waals surface area contributed by atoms with Crippen LogP contribution in [0.15, 0.2) is 53.3 Å². The quantitative estimate of drug-likeness (QED) is 0.382. The summed E-state index contributed by atoms with van der Waals surface area (Å²) in [4.78, 5) is 37.6. The Morgan fingerprint density at radius 2 is 1.76 bits per heavy atom. The number of carbonyl (C=O) groups excluding carboxylic acids is 2. The largest absolute Gasteiger partial charge is 0.336 e. The highest BCUT2D eigenvalue weighted by atomic mass is 16.2. The van der Waals surface area contributed by atoms with E-state index in [4.69, 9.17) is 0 Å². The number of imidazole rings is 1. The molecule has 0 aliphatic heterocycles. The first kappa shape index (κ1) is 23.0. The molecule has 9 heteroatoms. The smallest absolute Gasteiger partial charge is 0.296 e. The van der Waals surface area contributed by atoms with Gasteiger partial charge in [0.2, 0.25) is 11.7 Å². The summed E-state index contributed by atoms with van der Waals surface area (Å²) in [5, 5.41) is 14.3. The summed E-state index contributed by atoms with van der Waals surface area (Å²) in [7, 11) is 0. The minimum Gasteiger partial charge on any atom is -0.296 e. The lowest BCUT2D eigenvalue weighted by Gasteiger charge is -2.10. The molecule has 0 amide bonds. The minimum absolute atomic E-state index is 0.163. The van der Waals surface area contributed by atoms with E-state index in [-0.39, 0.29) is 24.6 Å². The molecule has 2 aromatic heterocycles. The van der Waals surface area contributed by atoms with Gasteiger partial charge in [-0.1, -0.05) is 68.8 Å². The molecule has 0 fully saturated rings. The summed E-state index contributed by atoms with van der Waals surface area (Å²) in [5.41, 5.74) is 3.96. The number of aldehydes is 1. The Morgan fingerprint density at radius 1 is 1.03 bits per heavy atom. The van der Waals surface area contributed by atoms with Crippen molar-refractivity contribution in [2.24, 2.45) is 0 Å². The van der Waals surface area contributed by atoms with Gasteiger partial charge in [0.05, 0.1) is 12.2 Å². The number of H-pyrrole nitrogens is 1. The number of benzene rings is 2. The van der Waals surface area contributed by atoms with Crippen molar-refractivity contribution in [1.29, 1.82) is 0 Å². The summed E-state index contributed by atoms with van der Waals surface area (Å²) in [6.07, 6.45) is 2.72. The fourth-order valence-electron chi connectivity index (χ4n) is 4.13. The van der Waals surface area contributed by atoms with Crippen molar-refractivity contribution in [3.63, 3.8) is 0 Å². The molecule has 0 radical (unpaired) electrons. The van der Waals surface area contributed by atoms with Crippen molar-refractivity contribution >= 4 is 12.2 Å². The molecule has 1 N–H and O–H groups in total.